The number of hydrogen-bond acceptors (Lipinski definition) is 7. The van der Waals surface area contributed by atoms with Gasteiger partial charge in [-0.3, -0.25) is 30.6 Å². The van der Waals surface area contributed by atoms with Gasteiger partial charge in [-0.05, 0) is 18.2 Å². The number of rotatable bonds is 5. The van der Waals surface area contributed by atoms with Gasteiger partial charge in [0.15, 0.2) is 18.1 Å². The lowest BCUT2D eigenvalue weighted by Gasteiger charge is -2.25. The Morgan fingerprint density at radius 2 is 1.96 bits per heavy atom. The van der Waals surface area contributed by atoms with Crippen LogP contribution in [-0.4, -0.2) is 36.1 Å². The summed E-state index contributed by atoms with van der Waals surface area (Å²) in [5.74, 6) is -1.76. The van der Waals surface area contributed by atoms with Crippen molar-refractivity contribution in [2.75, 3.05) is 13.2 Å². The molecule has 2 aromatic carbocycles. The van der Waals surface area contributed by atoms with Gasteiger partial charge in [0, 0.05) is 12.1 Å². The van der Waals surface area contributed by atoms with E-state index in [-0.39, 0.29) is 6.61 Å². The van der Waals surface area contributed by atoms with Gasteiger partial charge >= 0.3 is 5.69 Å². The minimum absolute atomic E-state index is 0.0509. The van der Waals surface area contributed by atoms with E-state index in [0.717, 1.165) is 18.2 Å². The molecule has 0 aliphatic carbocycles. The molecule has 2 N–H and O–H groups in total. The number of ether oxygens (including phenoxy) is 3. The summed E-state index contributed by atoms with van der Waals surface area (Å²) >= 11 is 0. The Morgan fingerprint density at radius 1 is 1.21 bits per heavy atom. The number of para-hydroxylation sites is 2. The highest BCUT2D eigenvalue weighted by atomic mass is 19.1. The molecule has 0 fully saturated rings. The van der Waals surface area contributed by atoms with Crippen LogP contribution in [0, 0.1) is 15.9 Å². The van der Waals surface area contributed by atoms with Crippen LogP contribution in [0.5, 0.6) is 17.2 Å². The van der Waals surface area contributed by atoms with E-state index in [1.165, 1.54) is 0 Å². The Bertz CT molecular complexity index is 921. The van der Waals surface area contributed by atoms with Gasteiger partial charge < -0.3 is 14.2 Å². The predicted octanol–water partition coefficient (Wildman–Crippen LogP) is 1.10. The van der Waals surface area contributed by atoms with Crippen molar-refractivity contribution < 1.29 is 33.1 Å². The first kappa shape index (κ1) is 18.9. The zero-order valence-corrected chi connectivity index (χ0v) is 14.2. The van der Waals surface area contributed by atoms with Crippen molar-refractivity contribution >= 4 is 17.5 Å². The lowest BCUT2D eigenvalue weighted by Crippen LogP contribution is -2.51. The topological polar surface area (TPSA) is 129 Å². The highest BCUT2D eigenvalue weighted by Crippen LogP contribution is 2.30. The van der Waals surface area contributed by atoms with Gasteiger partial charge in [-0.2, -0.15) is 0 Å². The molecule has 28 heavy (non-hydrogen) atoms. The number of carbonyl (C=O) groups is 2. The summed E-state index contributed by atoms with van der Waals surface area (Å²) in [4.78, 5) is 33.9. The minimum atomic E-state index is -0.986. The quantitative estimate of drug-likeness (QED) is 0.577. The number of carbonyl (C=O) groups excluding carboxylic acids is 2. The van der Waals surface area contributed by atoms with Crippen molar-refractivity contribution in [1.82, 2.24) is 10.9 Å². The molecule has 3 rings (SSSR count). The summed E-state index contributed by atoms with van der Waals surface area (Å²) < 4.78 is 29.0. The van der Waals surface area contributed by atoms with Gasteiger partial charge in [-0.1, -0.05) is 12.1 Å². The average Bonchev–Trinajstić information content (AvgIpc) is 2.69. The average molecular weight is 391 g/mol. The third-order valence-corrected chi connectivity index (χ3v) is 3.60. The van der Waals surface area contributed by atoms with Crippen LogP contribution in [0.4, 0.5) is 10.1 Å². The fourth-order valence-corrected chi connectivity index (χ4v) is 2.29. The van der Waals surface area contributed by atoms with E-state index in [4.69, 9.17) is 14.2 Å². The Balaban J connectivity index is 1.49. The van der Waals surface area contributed by atoms with Crippen molar-refractivity contribution in [3.63, 3.8) is 0 Å². The summed E-state index contributed by atoms with van der Waals surface area (Å²) in [7, 11) is 0. The van der Waals surface area contributed by atoms with Crippen molar-refractivity contribution in [3.8, 4) is 17.2 Å². The molecule has 146 valence electrons. The van der Waals surface area contributed by atoms with Crippen LogP contribution >= 0.6 is 0 Å². The van der Waals surface area contributed by atoms with Crippen LogP contribution in [0.15, 0.2) is 42.5 Å². The first-order chi connectivity index (χ1) is 13.4. The molecule has 0 saturated heterocycles. The second-order valence-electron chi connectivity index (χ2n) is 5.56. The molecule has 11 heteroatoms. The molecular formula is C17H14FN3O7. The third kappa shape index (κ3) is 4.44. The number of fused-ring (bicyclic) bond motifs is 1. The number of nitro groups is 1. The lowest BCUT2D eigenvalue weighted by molar-refractivity contribution is -0.385. The molecule has 0 spiro atoms. The number of benzene rings is 2. The number of amides is 2. The van der Waals surface area contributed by atoms with Gasteiger partial charge in [0.1, 0.15) is 12.4 Å². The largest absolute Gasteiger partial charge is 0.485 e. The summed E-state index contributed by atoms with van der Waals surface area (Å²) in [6.45, 7) is -0.736. The van der Waals surface area contributed by atoms with E-state index in [0.29, 0.717) is 11.5 Å². The summed E-state index contributed by atoms with van der Waals surface area (Å²) in [5, 5.41) is 10.9. The molecule has 0 bridgehead atoms. The van der Waals surface area contributed by atoms with Crippen LogP contribution in [0.1, 0.15) is 0 Å². The van der Waals surface area contributed by atoms with Crippen LogP contribution in [0.3, 0.4) is 0 Å². The smallest absolute Gasteiger partial charge is 0.311 e. The highest BCUT2D eigenvalue weighted by molar-refractivity contribution is 5.85. The minimum Gasteiger partial charge on any atom is -0.485 e. The van der Waals surface area contributed by atoms with Gasteiger partial charge in [0.2, 0.25) is 11.9 Å². The van der Waals surface area contributed by atoms with Gasteiger partial charge in [0.05, 0.1) is 4.92 Å². The van der Waals surface area contributed by atoms with Crippen molar-refractivity contribution in [3.05, 3.63) is 58.4 Å². The molecule has 1 atom stereocenters. The zero-order valence-electron chi connectivity index (χ0n) is 14.2. The monoisotopic (exact) mass is 391 g/mol. The van der Waals surface area contributed by atoms with Crippen LogP contribution < -0.4 is 25.1 Å². The number of hydrogen-bond donors (Lipinski definition) is 2. The fourth-order valence-electron chi connectivity index (χ4n) is 2.29. The maximum absolute atomic E-state index is 13.2. The molecule has 1 aliphatic heterocycles. The third-order valence-electron chi connectivity index (χ3n) is 3.60. The predicted molar refractivity (Wildman–Crippen MR) is 91.2 cm³/mol. The van der Waals surface area contributed by atoms with E-state index in [2.05, 4.69) is 10.9 Å². The van der Waals surface area contributed by atoms with Gasteiger partial charge in [0.25, 0.3) is 11.8 Å². The van der Waals surface area contributed by atoms with Crippen molar-refractivity contribution in [1.29, 1.82) is 0 Å². The van der Waals surface area contributed by atoms with E-state index in [1.54, 1.807) is 24.3 Å². The molecule has 1 aliphatic rings. The molecular weight excluding hydrogens is 377 g/mol. The second kappa shape index (κ2) is 8.20. The molecule has 1 heterocycles. The molecule has 2 amide bonds. The Morgan fingerprint density at radius 3 is 2.71 bits per heavy atom. The highest BCUT2D eigenvalue weighted by Gasteiger charge is 2.27. The molecule has 0 saturated carbocycles. The number of hydrazine groups is 1. The first-order valence-corrected chi connectivity index (χ1v) is 7.98. The lowest BCUT2D eigenvalue weighted by atomic mass is 10.2. The van der Waals surface area contributed by atoms with Crippen LogP contribution in [0.25, 0.3) is 0 Å². The van der Waals surface area contributed by atoms with E-state index in [1.807, 2.05) is 0 Å². The number of nitrogens with zero attached hydrogens (tertiary/aromatic N) is 1. The zero-order chi connectivity index (χ0) is 20.1. The van der Waals surface area contributed by atoms with Gasteiger partial charge in [-0.25, -0.2) is 4.39 Å². The Labute approximate surface area is 157 Å². The van der Waals surface area contributed by atoms with E-state index >= 15 is 0 Å². The summed E-state index contributed by atoms with van der Waals surface area (Å²) in [6.07, 6.45) is -0.986. The second-order valence-corrected chi connectivity index (χ2v) is 5.56. The maximum Gasteiger partial charge on any atom is 0.311 e. The molecule has 0 radical (unpaired) electrons. The Hall–Kier alpha value is -3.89. The maximum atomic E-state index is 13.2. The first-order valence-electron chi connectivity index (χ1n) is 7.98. The van der Waals surface area contributed by atoms with Crippen LogP contribution in [-0.2, 0) is 9.59 Å². The van der Waals surface area contributed by atoms with Crippen LogP contribution in [0.2, 0.25) is 0 Å². The standard InChI is InChI=1S/C17H14FN3O7/c18-10-5-6-11(21(24)25)14(7-10)27-9-16(22)19-20-17(23)15-8-26-12-3-1-2-4-13(12)28-15/h1-7,15H,8-9H2,(H,19,22)(H,20,23)/t15-/m0/s1. The number of nitro benzene ring substituents is 1. The molecule has 0 aromatic heterocycles. The Kier molecular flexibility index (Phi) is 5.53. The SMILES string of the molecule is O=C(COc1cc(F)ccc1[N+](=O)[O-])NNC(=O)[C@@H]1COc2ccccc2O1. The van der Waals surface area contributed by atoms with Crippen molar-refractivity contribution in [2.45, 2.75) is 6.10 Å². The summed E-state index contributed by atoms with van der Waals surface area (Å²) in [6, 6.07) is 9.40. The van der Waals surface area contributed by atoms with Gasteiger partial charge in [-0.15, -0.1) is 0 Å². The van der Waals surface area contributed by atoms with E-state index < -0.39 is 46.7 Å². The summed E-state index contributed by atoms with van der Waals surface area (Å²) in [5.41, 5.74) is 3.72. The van der Waals surface area contributed by atoms with Crippen molar-refractivity contribution in [2.24, 2.45) is 0 Å². The number of halogens is 1. The molecule has 2 aromatic rings. The molecule has 0 unspecified atom stereocenters. The molecule has 10 nitrogen and oxygen atoms in total. The normalized spacial score (nSPS) is 14.7. The fraction of sp³-hybridized carbons (Fsp3) is 0.176. The van der Waals surface area contributed by atoms with E-state index in [9.17, 15) is 24.1 Å². The number of nitrogens with one attached hydrogen (secondary N) is 2.